The van der Waals surface area contributed by atoms with E-state index in [9.17, 15) is 24.5 Å². The number of hydrogen-bond acceptors (Lipinski definition) is 4. The molecule has 0 aliphatic carbocycles. The van der Waals surface area contributed by atoms with Crippen LogP contribution in [0.2, 0.25) is 0 Å². The Kier molecular flexibility index (Phi) is 6.44. The summed E-state index contributed by atoms with van der Waals surface area (Å²) in [6.07, 6.45) is 0.0383. The maximum Gasteiger partial charge on any atom is 0.233 e. The van der Waals surface area contributed by atoms with E-state index in [0.29, 0.717) is 35.2 Å². The summed E-state index contributed by atoms with van der Waals surface area (Å²) in [7, 11) is 0. The third-order valence-electron chi connectivity index (χ3n) is 6.80. The molecule has 1 fully saturated rings. The topological polar surface area (TPSA) is 81.0 Å². The van der Waals surface area contributed by atoms with Crippen LogP contribution in [0.15, 0.2) is 97.1 Å². The number of anilines is 1. The number of aliphatic hydroxyl groups excluding tert-OH is 1. The predicted octanol–water partition coefficient (Wildman–Crippen LogP) is 6.12. The summed E-state index contributed by atoms with van der Waals surface area (Å²) in [5.74, 6) is -1.06. The van der Waals surface area contributed by atoms with E-state index in [1.807, 2.05) is 30.3 Å². The van der Waals surface area contributed by atoms with Crippen molar-refractivity contribution >= 4 is 11.6 Å². The lowest BCUT2D eigenvalue weighted by Gasteiger charge is -2.48. The highest BCUT2D eigenvalue weighted by Crippen LogP contribution is 2.49. The summed E-state index contributed by atoms with van der Waals surface area (Å²) in [5.41, 5.74) is 2.92. The van der Waals surface area contributed by atoms with Crippen LogP contribution in [0, 0.1) is 11.7 Å². The van der Waals surface area contributed by atoms with E-state index in [4.69, 9.17) is 0 Å². The van der Waals surface area contributed by atoms with Crippen molar-refractivity contribution in [1.82, 2.24) is 0 Å². The van der Waals surface area contributed by atoms with Crippen molar-refractivity contribution < 1.29 is 24.5 Å². The Labute approximate surface area is 208 Å². The Morgan fingerprint density at radius 3 is 2.31 bits per heavy atom. The molecule has 5 rings (SSSR count). The molecule has 5 nitrogen and oxygen atoms in total. The van der Waals surface area contributed by atoms with Gasteiger partial charge in [0.1, 0.15) is 17.3 Å². The van der Waals surface area contributed by atoms with Crippen LogP contribution in [0.5, 0.6) is 11.5 Å². The van der Waals surface area contributed by atoms with Gasteiger partial charge in [0.25, 0.3) is 0 Å². The second kappa shape index (κ2) is 9.84. The van der Waals surface area contributed by atoms with Gasteiger partial charge in [-0.2, -0.15) is 0 Å². The monoisotopic (exact) mass is 483 g/mol. The fourth-order valence-corrected chi connectivity index (χ4v) is 4.96. The molecule has 36 heavy (non-hydrogen) atoms. The molecule has 3 atom stereocenters. The van der Waals surface area contributed by atoms with Crippen molar-refractivity contribution in [3.63, 3.8) is 0 Å². The number of β-lactam (4-membered cyclic amide) rings is 1. The summed E-state index contributed by atoms with van der Waals surface area (Å²) in [6.45, 7) is 0. The third kappa shape index (κ3) is 4.43. The third-order valence-corrected chi connectivity index (χ3v) is 6.80. The summed E-state index contributed by atoms with van der Waals surface area (Å²) >= 11 is 0. The van der Waals surface area contributed by atoms with E-state index in [0.717, 1.165) is 5.56 Å². The molecule has 0 spiro atoms. The van der Waals surface area contributed by atoms with Crippen molar-refractivity contribution in [2.75, 3.05) is 4.90 Å². The van der Waals surface area contributed by atoms with E-state index in [-0.39, 0.29) is 17.4 Å². The van der Waals surface area contributed by atoms with Crippen molar-refractivity contribution in [3.05, 3.63) is 114 Å². The van der Waals surface area contributed by atoms with E-state index in [2.05, 4.69) is 0 Å². The first-order valence-electron chi connectivity index (χ1n) is 11.9. The van der Waals surface area contributed by atoms with Gasteiger partial charge in [-0.15, -0.1) is 0 Å². The molecule has 1 saturated heterocycles. The summed E-state index contributed by atoms with van der Waals surface area (Å²) in [6, 6.07) is 26.5. The van der Waals surface area contributed by atoms with Crippen LogP contribution in [-0.4, -0.2) is 21.2 Å². The molecule has 3 N–H and O–H groups in total. The van der Waals surface area contributed by atoms with Crippen molar-refractivity contribution in [2.24, 2.45) is 5.92 Å². The molecule has 1 heterocycles. The fourth-order valence-electron chi connectivity index (χ4n) is 4.96. The lowest BCUT2D eigenvalue weighted by Crippen LogP contribution is -2.55. The molecule has 1 aliphatic rings. The number of phenols is 2. The number of aliphatic hydroxyl groups is 1. The number of carbonyl (C=O) groups excluding carboxylic acids is 1. The second-order valence-electron chi connectivity index (χ2n) is 9.03. The molecule has 0 bridgehead atoms. The number of amides is 1. The molecule has 0 unspecified atom stereocenters. The van der Waals surface area contributed by atoms with Crippen LogP contribution in [-0.2, 0) is 4.79 Å². The minimum Gasteiger partial charge on any atom is -0.508 e. The average Bonchev–Trinajstić information content (AvgIpc) is 2.88. The quantitative estimate of drug-likeness (QED) is 0.277. The molecule has 4 aromatic carbocycles. The van der Waals surface area contributed by atoms with E-state index in [1.165, 1.54) is 17.0 Å². The van der Waals surface area contributed by atoms with Gasteiger partial charge in [0, 0.05) is 16.8 Å². The summed E-state index contributed by atoms with van der Waals surface area (Å²) in [5, 5.41) is 31.9. The molecule has 0 aromatic heterocycles. The highest BCUT2D eigenvalue weighted by atomic mass is 19.1. The van der Waals surface area contributed by atoms with Gasteiger partial charge < -0.3 is 20.2 Å². The summed E-state index contributed by atoms with van der Waals surface area (Å²) in [4.78, 5) is 14.8. The molecule has 0 saturated carbocycles. The molecular weight excluding hydrogens is 457 g/mol. The van der Waals surface area contributed by atoms with E-state index < -0.39 is 23.9 Å². The predicted molar refractivity (Wildman–Crippen MR) is 136 cm³/mol. The van der Waals surface area contributed by atoms with Crippen molar-refractivity contribution in [1.29, 1.82) is 0 Å². The number of aromatic hydroxyl groups is 2. The molecule has 1 aliphatic heterocycles. The van der Waals surface area contributed by atoms with Gasteiger partial charge in [0.2, 0.25) is 5.91 Å². The number of rotatable bonds is 7. The summed E-state index contributed by atoms with van der Waals surface area (Å²) < 4.78 is 14.0. The maximum absolute atomic E-state index is 14.0. The normalized spacial score (nSPS) is 18.1. The molecule has 4 aromatic rings. The zero-order valence-corrected chi connectivity index (χ0v) is 19.5. The molecule has 0 radical (unpaired) electrons. The Balaban J connectivity index is 1.46. The fraction of sp³-hybridized carbons (Fsp3) is 0.167. The van der Waals surface area contributed by atoms with Gasteiger partial charge in [0.05, 0.1) is 18.1 Å². The standard InChI is InChI=1S/C30H26FNO4/c31-21-9-6-10-22(18-21)32-29(25(30(32)36)15-16-26(33)19-7-2-1-3-8-19)24-14-13-20(17-28(24)35)23-11-4-5-12-27(23)34/h1-14,17-18,25-26,29,33-35H,15-16H2/t25-,26+,29-/m1/s1. The molecular formula is C30H26FNO4. The second-order valence-corrected chi connectivity index (χ2v) is 9.03. The van der Waals surface area contributed by atoms with Crippen LogP contribution in [0.3, 0.4) is 0 Å². The van der Waals surface area contributed by atoms with Crippen molar-refractivity contribution in [3.8, 4) is 22.6 Å². The van der Waals surface area contributed by atoms with E-state index >= 15 is 0 Å². The van der Waals surface area contributed by atoms with Crippen molar-refractivity contribution in [2.45, 2.75) is 25.0 Å². The largest absolute Gasteiger partial charge is 0.508 e. The van der Waals surface area contributed by atoms with Crippen LogP contribution in [0.1, 0.15) is 36.1 Å². The Bertz CT molecular complexity index is 1390. The number of nitrogens with zero attached hydrogens (tertiary/aromatic N) is 1. The number of benzene rings is 4. The number of hydrogen-bond donors (Lipinski definition) is 3. The minimum absolute atomic E-state index is 0.0248. The SMILES string of the molecule is O=C1[C@H](CC[C@H](O)c2ccccc2)[C@@H](c2ccc(-c3ccccc3O)cc2O)N1c1cccc(F)c1. The lowest BCUT2D eigenvalue weighted by molar-refractivity contribution is -0.131. The zero-order valence-electron chi connectivity index (χ0n) is 19.5. The number of phenolic OH excluding ortho intramolecular Hbond substituents is 2. The smallest absolute Gasteiger partial charge is 0.233 e. The lowest BCUT2D eigenvalue weighted by atomic mass is 9.77. The first kappa shape index (κ1) is 23.6. The Morgan fingerprint density at radius 2 is 1.58 bits per heavy atom. The number of halogens is 1. The molecule has 182 valence electrons. The van der Waals surface area contributed by atoms with Crippen LogP contribution >= 0.6 is 0 Å². The van der Waals surface area contributed by atoms with Gasteiger partial charge in [0.15, 0.2) is 0 Å². The van der Waals surface area contributed by atoms with Crippen LogP contribution < -0.4 is 4.90 Å². The van der Waals surface area contributed by atoms with Gasteiger partial charge in [-0.3, -0.25) is 4.79 Å². The highest BCUT2D eigenvalue weighted by Gasteiger charge is 2.49. The van der Waals surface area contributed by atoms with Gasteiger partial charge in [-0.25, -0.2) is 4.39 Å². The number of carbonyl (C=O) groups is 1. The first-order valence-corrected chi connectivity index (χ1v) is 11.9. The zero-order chi connectivity index (χ0) is 25.2. The van der Waals surface area contributed by atoms with Crippen LogP contribution in [0.4, 0.5) is 10.1 Å². The molecule has 6 heteroatoms. The Morgan fingerprint density at radius 1 is 0.833 bits per heavy atom. The van der Waals surface area contributed by atoms with Gasteiger partial charge in [-0.05, 0) is 54.3 Å². The number of para-hydroxylation sites is 1. The average molecular weight is 484 g/mol. The molecule has 1 amide bonds. The van der Waals surface area contributed by atoms with Gasteiger partial charge >= 0.3 is 0 Å². The van der Waals surface area contributed by atoms with Crippen LogP contribution in [0.25, 0.3) is 11.1 Å². The Hall–Kier alpha value is -4.16. The van der Waals surface area contributed by atoms with Gasteiger partial charge in [-0.1, -0.05) is 66.7 Å². The first-order chi connectivity index (χ1) is 17.4. The maximum atomic E-state index is 14.0. The highest BCUT2D eigenvalue weighted by molar-refractivity contribution is 6.03. The van der Waals surface area contributed by atoms with E-state index in [1.54, 1.807) is 54.6 Å². The minimum atomic E-state index is -0.722.